The van der Waals surface area contributed by atoms with Crippen LogP contribution < -0.4 is 10.1 Å². The predicted octanol–water partition coefficient (Wildman–Crippen LogP) is 3.47. The van der Waals surface area contributed by atoms with Gasteiger partial charge in [0, 0.05) is 18.0 Å². The highest BCUT2D eigenvalue weighted by atomic mass is 19.1. The van der Waals surface area contributed by atoms with Gasteiger partial charge in [0.2, 0.25) is 5.91 Å². The van der Waals surface area contributed by atoms with Crippen molar-refractivity contribution < 1.29 is 13.9 Å². The molecule has 27 heavy (non-hydrogen) atoms. The summed E-state index contributed by atoms with van der Waals surface area (Å²) in [4.78, 5) is 14.9. The topological polar surface area (TPSA) is 41.6 Å². The second-order valence-corrected chi connectivity index (χ2v) is 7.39. The van der Waals surface area contributed by atoms with Crippen LogP contribution in [-0.4, -0.2) is 36.5 Å². The van der Waals surface area contributed by atoms with Gasteiger partial charge >= 0.3 is 0 Å². The van der Waals surface area contributed by atoms with Crippen LogP contribution in [0.2, 0.25) is 0 Å². The molecular weight excluding hydrogens is 343 g/mol. The van der Waals surface area contributed by atoms with Crippen LogP contribution >= 0.6 is 0 Å². The van der Waals surface area contributed by atoms with E-state index in [1.807, 2.05) is 36.4 Å². The van der Waals surface area contributed by atoms with Crippen molar-refractivity contribution in [1.82, 2.24) is 10.2 Å². The molecule has 5 heteroatoms. The molecule has 4 nitrogen and oxygen atoms in total. The van der Waals surface area contributed by atoms with Crippen molar-refractivity contribution in [3.8, 4) is 5.75 Å². The lowest BCUT2D eigenvalue weighted by molar-refractivity contribution is -0.123. The molecule has 0 spiro atoms. The normalized spacial score (nSPS) is 22.1. The van der Waals surface area contributed by atoms with Gasteiger partial charge in [-0.1, -0.05) is 30.3 Å². The number of hydrogen-bond donors (Lipinski definition) is 1. The van der Waals surface area contributed by atoms with Gasteiger partial charge in [-0.05, 0) is 49.6 Å². The third-order valence-corrected chi connectivity index (χ3v) is 5.52. The molecule has 2 aromatic rings. The standard InChI is InChI=1S/C22H25FN2O2/c23-17-9-7-16(8-10-17)14-18-4-3-12-25(18)15-22(26)24-20-11-13-27-21-6-2-1-5-19(20)21/h1-2,5-10,18,20H,3-4,11-15H2,(H,24,26)/t18-,20-/m0/s1. The summed E-state index contributed by atoms with van der Waals surface area (Å²) in [6.07, 6.45) is 3.82. The molecule has 2 atom stereocenters. The highest BCUT2D eigenvalue weighted by Gasteiger charge is 2.28. The summed E-state index contributed by atoms with van der Waals surface area (Å²) in [5, 5.41) is 3.18. The van der Waals surface area contributed by atoms with E-state index in [2.05, 4.69) is 10.2 Å². The molecule has 1 saturated heterocycles. The van der Waals surface area contributed by atoms with E-state index in [0.29, 0.717) is 19.2 Å². The fraction of sp³-hybridized carbons (Fsp3) is 0.409. The second kappa shape index (κ2) is 8.09. The van der Waals surface area contributed by atoms with Gasteiger partial charge < -0.3 is 10.1 Å². The van der Waals surface area contributed by atoms with Gasteiger partial charge in [-0.15, -0.1) is 0 Å². The van der Waals surface area contributed by atoms with Crippen LogP contribution in [0.4, 0.5) is 4.39 Å². The van der Waals surface area contributed by atoms with E-state index in [-0.39, 0.29) is 17.8 Å². The minimum Gasteiger partial charge on any atom is -0.493 e. The maximum absolute atomic E-state index is 13.1. The Bertz CT molecular complexity index is 793. The molecule has 2 aromatic carbocycles. The Kier molecular flexibility index (Phi) is 5.39. The van der Waals surface area contributed by atoms with Crippen LogP contribution in [0.1, 0.15) is 36.4 Å². The lowest BCUT2D eigenvalue weighted by Crippen LogP contribution is -2.42. The lowest BCUT2D eigenvalue weighted by Gasteiger charge is -2.29. The van der Waals surface area contributed by atoms with Crippen molar-refractivity contribution in [2.24, 2.45) is 0 Å². The average Bonchev–Trinajstić information content (AvgIpc) is 3.10. The Labute approximate surface area is 159 Å². The van der Waals surface area contributed by atoms with Crippen molar-refractivity contribution in [1.29, 1.82) is 0 Å². The summed E-state index contributed by atoms with van der Waals surface area (Å²) in [6.45, 7) is 1.97. The number of likely N-dealkylation sites (tertiary alicyclic amines) is 1. The van der Waals surface area contributed by atoms with E-state index in [0.717, 1.165) is 49.1 Å². The molecular formula is C22H25FN2O2. The molecule has 0 aliphatic carbocycles. The Morgan fingerprint density at radius 2 is 1.96 bits per heavy atom. The van der Waals surface area contributed by atoms with Crippen molar-refractivity contribution in [2.75, 3.05) is 19.7 Å². The molecule has 4 rings (SSSR count). The van der Waals surface area contributed by atoms with E-state index in [1.54, 1.807) is 0 Å². The molecule has 2 aliphatic rings. The van der Waals surface area contributed by atoms with Gasteiger partial charge in [0.05, 0.1) is 19.2 Å². The van der Waals surface area contributed by atoms with E-state index in [9.17, 15) is 9.18 Å². The number of nitrogens with one attached hydrogen (secondary N) is 1. The number of para-hydroxylation sites is 1. The zero-order valence-corrected chi connectivity index (χ0v) is 15.4. The number of benzene rings is 2. The van der Waals surface area contributed by atoms with Gasteiger partial charge in [-0.2, -0.15) is 0 Å². The highest BCUT2D eigenvalue weighted by molar-refractivity contribution is 5.78. The summed E-state index contributed by atoms with van der Waals surface area (Å²) >= 11 is 0. The number of amides is 1. The van der Waals surface area contributed by atoms with Crippen molar-refractivity contribution in [2.45, 2.75) is 37.8 Å². The van der Waals surface area contributed by atoms with E-state index < -0.39 is 0 Å². The molecule has 142 valence electrons. The largest absolute Gasteiger partial charge is 0.493 e. The molecule has 2 aliphatic heterocycles. The smallest absolute Gasteiger partial charge is 0.234 e. The van der Waals surface area contributed by atoms with Gasteiger partial charge in [0.15, 0.2) is 0 Å². The first-order chi connectivity index (χ1) is 13.2. The lowest BCUT2D eigenvalue weighted by atomic mass is 10.0. The van der Waals surface area contributed by atoms with E-state index in [4.69, 9.17) is 4.74 Å². The Balaban J connectivity index is 1.35. The van der Waals surface area contributed by atoms with Gasteiger partial charge in [0.1, 0.15) is 11.6 Å². The average molecular weight is 368 g/mol. The van der Waals surface area contributed by atoms with E-state index >= 15 is 0 Å². The maximum Gasteiger partial charge on any atom is 0.234 e. The SMILES string of the molecule is O=C(CN1CCC[C@H]1Cc1ccc(F)cc1)N[C@H]1CCOc2ccccc21. The second-order valence-electron chi connectivity index (χ2n) is 7.39. The Morgan fingerprint density at radius 3 is 2.81 bits per heavy atom. The molecule has 1 N–H and O–H groups in total. The van der Waals surface area contributed by atoms with Crippen LogP contribution in [0, 0.1) is 5.82 Å². The molecule has 1 amide bonds. The summed E-state index contributed by atoms with van der Waals surface area (Å²) in [7, 11) is 0. The fourth-order valence-electron chi connectivity index (χ4n) is 4.14. The molecule has 2 heterocycles. The predicted molar refractivity (Wildman–Crippen MR) is 102 cm³/mol. The van der Waals surface area contributed by atoms with Crippen LogP contribution in [0.15, 0.2) is 48.5 Å². The molecule has 0 radical (unpaired) electrons. The summed E-state index contributed by atoms with van der Waals surface area (Å²) in [5.74, 6) is 0.713. The first-order valence-corrected chi connectivity index (χ1v) is 9.68. The fourth-order valence-corrected chi connectivity index (χ4v) is 4.14. The number of ether oxygens (including phenoxy) is 1. The number of rotatable bonds is 5. The minimum absolute atomic E-state index is 0.0144. The number of fused-ring (bicyclic) bond motifs is 1. The van der Waals surface area contributed by atoms with Gasteiger partial charge in [0.25, 0.3) is 0 Å². The van der Waals surface area contributed by atoms with Gasteiger partial charge in [-0.25, -0.2) is 4.39 Å². The first-order valence-electron chi connectivity index (χ1n) is 9.68. The van der Waals surface area contributed by atoms with Gasteiger partial charge in [-0.3, -0.25) is 9.69 Å². The minimum atomic E-state index is -0.210. The third-order valence-electron chi connectivity index (χ3n) is 5.52. The number of hydrogen-bond acceptors (Lipinski definition) is 3. The quantitative estimate of drug-likeness (QED) is 0.879. The van der Waals surface area contributed by atoms with Crippen LogP contribution in [0.3, 0.4) is 0 Å². The number of carbonyl (C=O) groups excluding carboxylic acids is 1. The Hall–Kier alpha value is -2.40. The molecule has 0 aromatic heterocycles. The summed E-state index contributed by atoms with van der Waals surface area (Å²) in [6, 6.07) is 14.9. The molecule has 0 saturated carbocycles. The summed E-state index contributed by atoms with van der Waals surface area (Å²) < 4.78 is 18.8. The van der Waals surface area contributed by atoms with Crippen molar-refractivity contribution >= 4 is 5.91 Å². The molecule has 0 unspecified atom stereocenters. The van der Waals surface area contributed by atoms with Crippen molar-refractivity contribution in [3.05, 3.63) is 65.5 Å². The zero-order chi connectivity index (χ0) is 18.6. The van der Waals surface area contributed by atoms with Crippen LogP contribution in [0.25, 0.3) is 0 Å². The summed E-state index contributed by atoms with van der Waals surface area (Å²) in [5.41, 5.74) is 2.17. The third kappa shape index (κ3) is 4.30. The number of halogens is 1. The zero-order valence-electron chi connectivity index (χ0n) is 15.4. The first kappa shape index (κ1) is 18.0. The Morgan fingerprint density at radius 1 is 1.15 bits per heavy atom. The number of carbonyl (C=O) groups is 1. The van der Waals surface area contributed by atoms with Crippen LogP contribution in [-0.2, 0) is 11.2 Å². The number of nitrogens with zero attached hydrogens (tertiary/aromatic N) is 1. The van der Waals surface area contributed by atoms with E-state index in [1.165, 1.54) is 12.1 Å². The highest BCUT2D eigenvalue weighted by Crippen LogP contribution is 2.31. The monoisotopic (exact) mass is 368 g/mol. The van der Waals surface area contributed by atoms with Crippen molar-refractivity contribution in [3.63, 3.8) is 0 Å². The maximum atomic E-state index is 13.1. The van der Waals surface area contributed by atoms with Crippen LogP contribution in [0.5, 0.6) is 5.75 Å². The molecule has 0 bridgehead atoms. The molecule has 1 fully saturated rings.